The van der Waals surface area contributed by atoms with Crippen LogP contribution in [0.2, 0.25) is 0 Å². The van der Waals surface area contributed by atoms with Crippen molar-refractivity contribution in [1.29, 1.82) is 0 Å². The van der Waals surface area contributed by atoms with Crippen LogP contribution in [0.4, 0.5) is 18.9 Å². The molecule has 0 spiro atoms. The Bertz CT molecular complexity index is 1010. The zero-order chi connectivity index (χ0) is 20.5. The third kappa shape index (κ3) is 3.66. The lowest BCUT2D eigenvalue weighted by atomic mass is 10.1. The first-order valence-corrected chi connectivity index (χ1v) is 8.13. The first-order valence-electron chi connectivity index (χ1n) is 8.13. The van der Waals surface area contributed by atoms with E-state index < -0.39 is 23.3 Å². The summed E-state index contributed by atoms with van der Waals surface area (Å²) in [5.74, 6) is -0.981. The zero-order valence-corrected chi connectivity index (χ0v) is 15.2. The lowest BCUT2D eigenvalue weighted by molar-refractivity contribution is -0.143. The molecule has 3 aromatic rings. The van der Waals surface area contributed by atoms with Gasteiger partial charge in [0.05, 0.1) is 18.9 Å². The average Bonchev–Trinajstić information content (AvgIpc) is 3.11. The van der Waals surface area contributed by atoms with Crippen molar-refractivity contribution < 1.29 is 22.7 Å². The molecule has 0 radical (unpaired) electrons. The van der Waals surface area contributed by atoms with Crippen molar-refractivity contribution in [3.8, 4) is 11.7 Å². The standard InChI is InChI=1S/C18H16F3N5O2/c1-10-5-4-6-13(11(10)2)23-17(27)12-9-22-26(16(12)18(19,20)21)14-7-8-15(28-3)25-24-14/h4-9H,1-3H3,(H,23,27). The molecule has 2 aromatic heterocycles. The van der Waals surface area contributed by atoms with E-state index in [1.165, 1.54) is 19.2 Å². The number of amides is 1. The molecule has 0 saturated heterocycles. The molecule has 1 aromatic carbocycles. The van der Waals surface area contributed by atoms with Gasteiger partial charge in [-0.05, 0) is 37.1 Å². The highest BCUT2D eigenvalue weighted by Gasteiger charge is 2.41. The minimum Gasteiger partial charge on any atom is -0.480 e. The van der Waals surface area contributed by atoms with Crippen LogP contribution in [0, 0.1) is 13.8 Å². The number of benzene rings is 1. The maximum absolute atomic E-state index is 13.7. The third-order valence-corrected chi connectivity index (χ3v) is 4.19. The van der Waals surface area contributed by atoms with Crippen molar-refractivity contribution in [2.75, 3.05) is 12.4 Å². The minimum atomic E-state index is -4.84. The number of methoxy groups -OCH3 is 1. The summed E-state index contributed by atoms with van der Waals surface area (Å²) >= 11 is 0. The highest BCUT2D eigenvalue weighted by molar-refractivity contribution is 6.05. The first kappa shape index (κ1) is 19.3. The van der Waals surface area contributed by atoms with Gasteiger partial charge < -0.3 is 10.1 Å². The maximum atomic E-state index is 13.7. The van der Waals surface area contributed by atoms with Gasteiger partial charge in [0.1, 0.15) is 0 Å². The Morgan fingerprint density at radius 1 is 1.14 bits per heavy atom. The van der Waals surface area contributed by atoms with Gasteiger partial charge in [-0.3, -0.25) is 4.79 Å². The molecule has 0 bridgehead atoms. The van der Waals surface area contributed by atoms with Crippen LogP contribution in [0.25, 0.3) is 5.82 Å². The predicted molar refractivity (Wildman–Crippen MR) is 94.6 cm³/mol. The van der Waals surface area contributed by atoms with E-state index in [2.05, 4.69) is 20.6 Å². The SMILES string of the molecule is COc1ccc(-n2ncc(C(=O)Nc3cccc(C)c3C)c2C(F)(F)F)nn1. The number of anilines is 1. The van der Waals surface area contributed by atoms with E-state index in [1.54, 1.807) is 19.1 Å². The molecule has 1 N–H and O–H groups in total. The number of aryl methyl sites for hydroxylation is 1. The van der Waals surface area contributed by atoms with Gasteiger partial charge in [-0.2, -0.15) is 18.3 Å². The van der Waals surface area contributed by atoms with Gasteiger partial charge in [-0.25, -0.2) is 4.68 Å². The summed E-state index contributed by atoms with van der Waals surface area (Å²) in [4.78, 5) is 12.6. The number of hydrogen-bond donors (Lipinski definition) is 1. The van der Waals surface area contributed by atoms with Crippen molar-refractivity contribution in [2.24, 2.45) is 0 Å². The molecular formula is C18H16F3N5O2. The molecular weight excluding hydrogens is 375 g/mol. The van der Waals surface area contributed by atoms with E-state index in [-0.39, 0.29) is 11.7 Å². The second-order valence-electron chi connectivity index (χ2n) is 5.95. The van der Waals surface area contributed by atoms with Crippen LogP contribution < -0.4 is 10.1 Å². The molecule has 2 heterocycles. The molecule has 7 nitrogen and oxygen atoms in total. The van der Waals surface area contributed by atoms with Crippen molar-refractivity contribution in [2.45, 2.75) is 20.0 Å². The van der Waals surface area contributed by atoms with Gasteiger partial charge in [0, 0.05) is 11.8 Å². The number of carbonyl (C=O) groups excluding carboxylic acids is 1. The number of hydrogen-bond acceptors (Lipinski definition) is 5. The summed E-state index contributed by atoms with van der Waals surface area (Å²) in [5.41, 5.74) is 0.228. The number of halogens is 3. The van der Waals surface area contributed by atoms with Gasteiger partial charge in [0.25, 0.3) is 5.91 Å². The van der Waals surface area contributed by atoms with Crippen molar-refractivity contribution >= 4 is 11.6 Å². The molecule has 0 aliphatic carbocycles. The Balaban J connectivity index is 2.02. The average molecular weight is 391 g/mol. The number of alkyl halides is 3. The summed E-state index contributed by atoms with van der Waals surface area (Å²) in [6.45, 7) is 3.61. The summed E-state index contributed by atoms with van der Waals surface area (Å²) < 4.78 is 46.5. The molecule has 0 atom stereocenters. The number of carbonyl (C=O) groups is 1. The smallest absolute Gasteiger partial charge is 0.434 e. The molecule has 10 heteroatoms. The predicted octanol–water partition coefficient (Wildman–Crippen LogP) is 3.56. The van der Waals surface area contributed by atoms with Gasteiger partial charge >= 0.3 is 6.18 Å². The molecule has 0 aliphatic heterocycles. The molecule has 1 amide bonds. The second kappa shape index (κ2) is 7.29. The van der Waals surface area contributed by atoms with E-state index >= 15 is 0 Å². The monoisotopic (exact) mass is 391 g/mol. The molecule has 0 aliphatic rings. The molecule has 146 valence electrons. The fourth-order valence-electron chi connectivity index (χ4n) is 2.57. The molecule has 0 saturated carbocycles. The minimum absolute atomic E-state index is 0.136. The largest absolute Gasteiger partial charge is 0.480 e. The van der Waals surface area contributed by atoms with Gasteiger partial charge in [-0.1, -0.05) is 12.1 Å². The maximum Gasteiger partial charge on any atom is 0.434 e. The van der Waals surface area contributed by atoms with Crippen LogP contribution in [0.15, 0.2) is 36.5 Å². The van der Waals surface area contributed by atoms with Crippen molar-refractivity contribution in [1.82, 2.24) is 20.0 Å². The van der Waals surface area contributed by atoms with E-state index in [4.69, 9.17) is 4.74 Å². The van der Waals surface area contributed by atoms with Gasteiger partial charge in [0.15, 0.2) is 11.5 Å². The number of nitrogens with one attached hydrogen (secondary N) is 1. The van der Waals surface area contributed by atoms with E-state index in [0.29, 0.717) is 10.4 Å². The lowest BCUT2D eigenvalue weighted by Gasteiger charge is -2.13. The van der Waals surface area contributed by atoms with Crippen molar-refractivity contribution in [3.63, 3.8) is 0 Å². The van der Waals surface area contributed by atoms with Crippen LogP contribution in [0.5, 0.6) is 5.88 Å². The Kier molecular flexibility index (Phi) is 5.04. The van der Waals surface area contributed by atoms with Crippen LogP contribution in [-0.2, 0) is 6.18 Å². The normalized spacial score (nSPS) is 11.4. The molecule has 3 rings (SSSR count). The Labute approximate surface area is 158 Å². The molecule has 28 heavy (non-hydrogen) atoms. The highest BCUT2D eigenvalue weighted by atomic mass is 19.4. The van der Waals surface area contributed by atoms with Crippen LogP contribution in [0.1, 0.15) is 27.2 Å². The summed E-state index contributed by atoms with van der Waals surface area (Å²) in [6.07, 6.45) is -3.98. The summed E-state index contributed by atoms with van der Waals surface area (Å²) in [7, 11) is 1.36. The second-order valence-corrected chi connectivity index (χ2v) is 5.95. The number of ether oxygens (including phenoxy) is 1. The number of aromatic nitrogens is 4. The Hall–Kier alpha value is -3.43. The van der Waals surface area contributed by atoms with E-state index in [9.17, 15) is 18.0 Å². The van der Waals surface area contributed by atoms with Gasteiger partial charge in [-0.15, -0.1) is 10.2 Å². The topological polar surface area (TPSA) is 81.9 Å². The fourth-order valence-corrected chi connectivity index (χ4v) is 2.57. The van der Waals surface area contributed by atoms with E-state index in [1.807, 2.05) is 13.0 Å². The lowest BCUT2D eigenvalue weighted by Crippen LogP contribution is -2.21. The van der Waals surface area contributed by atoms with Gasteiger partial charge in [0.2, 0.25) is 5.88 Å². The molecule has 0 unspecified atom stereocenters. The van der Waals surface area contributed by atoms with E-state index in [0.717, 1.165) is 17.3 Å². The fraction of sp³-hybridized carbons (Fsp3) is 0.222. The first-order chi connectivity index (χ1) is 13.2. The number of rotatable bonds is 4. The Morgan fingerprint density at radius 2 is 1.89 bits per heavy atom. The highest BCUT2D eigenvalue weighted by Crippen LogP contribution is 2.34. The summed E-state index contributed by atoms with van der Waals surface area (Å²) in [5, 5.41) is 13.5. The number of nitrogens with zero attached hydrogens (tertiary/aromatic N) is 4. The van der Waals surface area contributed by atoms with Crippen LogP contribution >= 0.6 is 0 Å². The van der Waals surface area contributed by atoms with Crippen molar-refractivity contribution in [3.05, 3.63) is 58.9 Å². The Morgan fingerprint density at radius 3 is 2.50 bits per heavy atom. The van der Waals surface area contributed by atoms with Crippen LogP contribution in [-0.4, -0.2) is 33.0 Å². The zero-order valence-electron chi connectivity index (χ0n) is 15.2. The third-order valence-electron chi connectivity index (χ3n) is 4.19. The summed E-state index contributed by atoms with van der Waals surface area (Å²) in [6, 6.07) is 7.78. The van der Waals surface area contributed by atoms with Crippen LogP contribution in [0.3, 0.4) is 0 Å². The molecule has 0 fully saturated rings. The quantitative estimate of drug-likeness (QED) is 0.736.